The fourth-order valence-electron chi connectivity index (χ4n) is 1.81. The molecule has 1 rings (SSSR count). The first-order valence-electron chi connectivity index (χ1n) is 6.12. The fourth-order valence-corrected chi connectivity index (χ4v) is 1.81. The van der Waals surface area contributed by atoms with Crippen LogP contribution in [0.2, 0.25) is 0 Å². The van der Waals surface area contributed by atoms with Gasteiger partial charge in [-0.25, -0.2) is 4.98 Å². The molecule has 1 unspecified atom stereocenters. The molecule has 1 aromatic rings. The third-order valence-corrected chi connectivity index (χ3v) is 2.76. The first kappa shape index (κ1) is 13.0. The fraction of sp³-hybridized carbons (Fsp3) is 0.615. The molecule has 0 aromatic carbocycles. The number of hydrogen-bond acceptors (Lipinski definition) is 3. The second-order valence-corrected chi connectivity index (χ2v) is 4.33. The molecular weight excluding hydrogens is 198 g/mol. The number of pyridine rings is 1. The van der Waals surface area contributed by atoms with Gasteiger partial charge in [-0.3, -0.25) is 0 Å². The minimum absolute atomic E-state index is 0.665. The van der Waals surface area contributed by atoms with Gasteiger partial charge < -0.3 is 11.1 Å². The van der Waals surface area contributed by atoms with Crippen LogP contribution in [-0.4, -0.2) is 18.1 Å². The first-order chi connectivity index (χ1) is 7.76. The van der Waals surface area contributed by atoms with Gasteiger partial charge in [-0.15, -0.1) is 0 Å². The van der Waals surface area contributed by atoms with Gasteiger partial charge in [0.15, 0.2) is 0 Å². The van der Waals surface area contributed by atoms with Crippen molar-refractivity contribution in [2.45, 2.75) is 33.1 Å². The highest BCUT2D eigenvalue weighted by Crippen LogP contribution is 2.12. The lowest BCUT2D eigenvalue weighted by Gasteiger charge is -2.16. The number of anilines is 1. The van der Waals surface area contributed by atoms with E-state index in [-0.39, 0.29) is 0 Å². The summed E-state index contributed by atoms with van der Waals surface area (Å²) in [6.07, 6.45) is 5.43. The number of aromatic nitrogens is 1. The lowest BCUT2D eigenvalue weighted by Crippen LogP contribution is -2.18. The maximum absolute atomic E-state index is 5.61. The van der Waals surface area contributed by atoms with Crippen LogP contribution in [0.4, 0.5) is 5.82 Å². The smallest absolute Gasteiger partial charge is 0.125 e. The van der Waals surface area contributed by atoms with Gasteiger partial charge in [0.25, 0.3) is 0 Å². The summed E-state index contributed by atoms with van der Waals surface area (Å²) in [5.41, 5.74) is 6.80. The summed E-state index contributed by atoms with van der Waals surface area (Å²) in [4.78, 5) is 4.33. The van der Waals surface area contributed by atoms with Crippen molar-refractivity contribution >= 4 is 5.82 Å². The average molecular weight is 221 g/mol. The van der Waals surface area contributed by atoms with E-state index in [1.54, 1.807) is 0 Å². The SMILES string of the molecule is CCCC(CCN)CNc1ccc(C)cn1. The molecule has 0 bridgehead atoms. The zero-order valence-corrected chi connectivity index (χ0v) is 10.4. The van der Waals surface area contributed by atoms with Gasteiger partial charge in [0.2, 0.25) is 0 Å². The third kappa shape index (κ3) is 4.62. The van der Waals surface area contributed by atoms with E-state index in [4.69, 9.17) is 5.73 Å². The van der Waals surface area contributed by atoms with Crippen molar-refractivity contribution in [1.82, 2.24) is 4.98 Å². The number of nitrogens with one attached hydrogen (secondary N) is 1. The highest BCUT2D eigenvalue weighted by Gasteiger charge is 2.06. The van der Waals surface area contributed by atoms with Gasteiger partial charge in [-0.2, -0.15) is 0 Å². The molecular formula is C13H23N3. The van der Waals surface area contributed by atoms with E-state index < -0.39 is 0 Å². The van der Waals surface area contributed by atoms with Gasteiger partial charge >= 0.3 is 0 Å². The quantitative estimate of drug-likeness (QED) is 0.744. The van der Waals surface area contributed by atoms with Crippen molar-refractivity contribution in [2.75, 3.05) is 18.4 Å². The molecule has 0 amide bonds. The molecule has 3 N–H and O–H groups in total. The van der Waals surface area contributed by atoms with E-state index in [0.29, 0.717) is 5.92 Å². The monoisotopic (exact) mass is 221 g/mol. The number of hydrogen-bond donors (Lipinski definition) is 2. The van der Waals surface area contributed by atoms with Crippen molar-refractivity contribution in [1.29, 1.82) is 0 Å². The third-order valence-electron chi connectivity index (χ3n) is 2.76. The van der Waals surface area contributed by atoms with E-state index in [0.717, 1.165) is 25.3 Å². The highest BCUT2D eigenvalue weighted by molar-refractivity contribution is 5.35. The molecule has 3 heteroatoms. The predicted molar refractivity (Wildman–Crippen MR) is 69.5 cm³/mol. The Labute approximate surface area is 98.5 Å². The largest absolute Gasteiger partial charge is 0.370 e. The molecule has 1 heterocycles. The van der Waals surface area contributed by atoms with E-state index in [9.17, 15) is 0 Å². The van der Waals surface area contributed by atoms with Crippen LogP contribution in [0.15, 0.2) is 18.3 Å². The zero-order valence-electron chi connectivity index (χ0n) is 10.4. The summed E-state index contributed by atoms with van der Waals surface area (Å²) in [7, 11) is 0. The van der Waals surface area contributed by atoms with Crippen molar-refractivity contribution in [3.8, 4) is 0 Å². The maximum atomic E-state index is 5.61. The molecule has 0 aliphatic heterocycles. The van der Waals surface area contributed by atoms with E-state index in [2.05, 4.69) is 23.3 Å². The highest BCUT2D eigenvalue weighted by atomic mass is 15.0. The van der Waals surface area contributed by atoms with Gasteiger partial charge in [0, 0.05) is 12.7 Å². The normalized spacial score (nSPS) is 12.4. The van der Waals surface area contributed by atoms with Crippen LogP contribution >= 0.6 is 0 Å². The molecule has 0 aliphatic rings. The Morgan fingerprint density at radius 2 is 2.19 bits per heavy atom. The number of rotatable bonds is 7. The topological polar surface area (TPSA) is 50.9 Å². The van der Waals surface area contributed by atoms with Crippen molar-refractivity contribution in [3.63, 3.8) is 0 Å². The van der Waals surface area contributed by atoms with Crippen LogP contribution in [0.3, 0.4) is 0 Å². The Morgan fingerprint density at radius 1 is 1.38 bits per heavy atom. The molecule has 0 fully saturated rings. The van der Waals surface area contributed by atoms with Crippen LogP contribution < -0.4 is 11.1 Å². The van der Waals surface area contributed by atoms with Crippen LogP contribution in [0, 0.1) is 12.8 Å². The molecule has 0 saturated carbocycles. The molecule has 16 heavy (non-hydrogen) atoms. The summed E-state index contributed by atoms with van der Waals surface area (Å²) < 4.78 is 0. The van der Waals surface area contributed by atoms with Crippen molar-refractivity contribution in [2.24, 2.45) is 11.7 Å². The Hall–Kier alpha value is -1.09. The summed E-state index contributed by atoms with van der Waals surface area (Å²) in [6, 6.07) is 4.11. The lowest BCUT2D eigenvalue weighted by atomic mass is 10.00. The van der Waals surface area contributed by atoms with Gasteiger partial charge in [-0.1, -0.05) is 19.4 Å². The molecule has 0 saturated heterocycles. The minimum Gasteiger partial charge on any atom is -0.370 e. The van der Waals surface area contributed by atoms with Crippen LogP contribution in [0.25, 0.3) is 0 Å². The summed E-state index contributed by atoms with van der Waals surface area (Å²) >= 11 is 0. The zero-order chi connectivity index (χ0) is 11.8. The number of nitrogens with zero attached hydrogens (tertiary/aromatic N) is 1. The Morgan fingerprint density at radius 3 is 2.75 bits per heavy atom. The first-order valence-corrected chi connectivity index (χ1v) is 6.12. The molecule has 1 aromatic heterocycles. The number of nitrogens with two attached hydrogens (primary N) is 1. The lowest BCUT2D eigenvalue weighted by molar-refractivity contribution is 0.473. The van der Waals surface area contributed by atoms with Crippen LogP contribution in [0.5, 0.6) is 0 Å². The standard InChI is InChI=1S/C13H23N3/c1-3-4-12(7-8-14)10-16-13-6-5-11(2)9-15-13/h5-6,9,12H,3-4,7-8,10,14H2,1-2H3,(H,15,16). The van der Waals surface area contributed by atoms with Gasteiger partial charge in [0.1, 0.15) is 5.82 Å². The van der Waals surface area contributed by atoms with Gasteiger partial charge in [0.05, 0.1) is 0 Å². The van der Waals surface area contributed by atoms with Gasteiger partial charge in [-0.05, 0) is 43.9 Å². The van der Waals surface area contributed by atoms with Crippen LogP contribution in [0.1, 0.15) is 31.7 Å². The number of aryl methyl sites for hydroxylation is 1. The molecule has 0 spiro atoms. The average Bonchev–Trinajstić information content (AvgIpc) is 2.29. The van der Waals surface area contributed by atoms with Crippen LogP contribution in [-0.2, 0) is 0 Å². The second kappa shape index (κ2) is 7.23. The summed E-state index contributed by atoms with van der Waals surface area (Å²) in [5.74, 6) is 1.63. The predicted octanol–water partition coefficient (Wildman–Crippen LogP) is 2.57. The Kier molecular flexibility index (Phi) is 5.86. The molecule has 90 valence electrons. The molecule has 0 radical (unpaired) electrons. The summed E-state index contributed by atoms with van der Waals surface area (Å²) in [6.45, 7) is 6.01. The Bertz CT molecular complexity index is 276. The minimum atomic E-state index is 0.665. The molecule has 3 nitrogen and oxygen atoms in total. The van der Waals surface area contributed by atoms with Crippen molar-refractivity contribution in [3.05, 3.63) is 23.9 Å². The summed E-state index contributed by atoms with van der Waals surface area (Å²) in [5, 5.41) is 3.37. The van der Waals surface area contributed by atoms with E-state index in [1.807, 2.05) is 19.2 Å². The molecule has 1 atom stereocenters. The molecule has 0 aliphatic carbocycles. The van der Waals surface area contributed by atoms with E-state index >= 15 is 0 Å². The second-order valence-electron chi connectivity index (χ2n) is 4.33. The maximum Gasteiger partial charge on any atom is 0.125 e. The van der Waals surface area contributed by atoms with E-state index in [1.165, 1.54) is 18.4 Å². The van der Waals surface area contributed by atoms with Crippen molar-refractivity contribution < 1.29 is 0 Å². The Balaban J connectivity index is 2.38.